The van der Waals surface area contributed by atoms with Crippen LogP contribution in [0.5, 0.6) is 0 Å². The van der Waals surface area contributed by atoms with Crippen molar-refractivity contribution in [1.29, 1.82) is 0 Å². The molecule has 2 aromatic carbocycles. The van der Waals surface area contributed by atoms with Crippen molar-refractivity contribution in [3.63, 3.8) is 0 Å². The van der Waals surface area contributed by atoms with Crippen molar-refractivity contribution in [1.82, 2.24) is 19.7 Å². The van der Waals surface area contributed by atoms with Gasteiger partial charge in [-0.25, -0.2) is 0 Å². The lowest BCUT2D eigenvalue weighted by atomic mass is 9.97. The molecule has 2 aromatic heterocycles. The van der Waals surface area contributed by atoms with Crippen LogP contribution in [0.4, 0.5) is 0 Å². The van der Waals surface area contributed by atoms with Crippen molar-refractivity contribution in [2.75, 3.05) is 19.8 Å². The van der Waals surface area contributed by atoms with Crippen molar-refractivity contribution >= 4 is 22.6 Å². The maximum absolute atomic E-state index is 13.3. The van der Waals surface area contributed by atoms with Crippen molar-refractivity contribution in [3.8, 4) is 11.3 Å². The summed E-state index contributed by atoms with van der Waals surface area (Å²) in [5, 5.41) is 6.06. The molecule has 7 heteroatoms. The first-order valence-electron chi connectivity index (χ1n) is 12.5. The zero-order valence-electron chi connectivity index (χ0n) is 20.3. The number of carbonyl (C=O) groups is 2. The number of hydrogen-bond acceptors (Lipinski definition) is 5. The normalized spacial score (nSPS) is 17.4. The smallest absolute Gasteiger partial charge is 0.219 e. The molecular formula is C29H28N4O3. The second-order valence-electron chi connectivity index (χ2n) is 9.64. The Morgan fingerprint density at radius 1 is 1.11 bits per heavy atom. The Morgan fingerprint density at radius 2 is 2.00 bits per heavy atom. The minimum absolute atomic E-state index is 0.0387. The molecule has 0 aliphatic carbocycles. The van der Waals surface area contributed by atoms with E-state index >= 15 is 0 Å². The van der Waals surface area contributed by atoms with E-state index in [1.807, 2.05) is 59.5 Å². The van der Waals surface area contributed by atoms with Crippen LogP contribution < -0.4 is 0 Å². The number of rotatable bonds is 5. The molecule has 1 fully saturated rings. The van der Waals surface area contributed by atoms with Crippen LogP contribution >= 0.6 is 0 Å². The number of hydrogen-bond donors (Lipinski definition) is 0. The van der Waals surface area contributed by atoms with E-state index in [1.165, 1.54) is 5.69 Å². The van der Waals surface area contributed by atoms with Gasteiger partial charge in [-0.2, -0.15) is 5.10 Å². The van der Waals surface area contributed by atoms with Gasteiger partial charge < -0.3 is 9.64 Å². The van der Waals surface area contributed by atoms with Gasteiger partial charge in [0.1, 0.15) is 0 Å². The van der Waals surface area contributed by atoms with Crippen LogP contribution in [0.25, 0.3) is 22.2 Å². The van der Waals surface area contributed by atoms with Crippen LogP contribution in [0.3, 0.4) is 0 Å². The summed E-state index contributed by atoms with van der Waals surface area (Å²) < 4.78 is 7.75. The van der Waals surface area contributed by atoms with Crippen LogP contribution in [0, 0.1) is 0 Å². The van der Waals surface area contributed by atoms with Gasteiger partial charge in [0.2, 0.25) is 5.91 Å². The molecule has 4 aromatic rings. The van der Waals surface area contributed by atoms with E-state index in [1.54, 1.807) is 13.1 Å². The second-order valence-corrected chi connectivity index (χ2v) is 9.64. The number of para-hydroxylation sites is 1. The minimum atomic E-state index is 0.0387. The Morgan fingerprint density at radius 3 is 2.83 bits per heavy atom. The highest BCUT2D eigenvalue weighted by Gasteiger charge is 2.30. The van der Waals surface area contributed by atoms with Gasteiger partial charge in [-0.1, -0.05) is 36.4 Å². The van der Waals surface area contributed by atoms with E-state index < -0.39 is 0 Å². The van der Waals surface area contributed by atoms with Crippen LogP contribution in [-0.4, -0.2) is 51.1 Å². The number of ketones is 1. The van der Waals surface area contributed by atoms with E-state index in [2.05, 4.69) is 9.67 Å². The van der Waals surface area contributed by atoms with Gasteiger partial charge in [0.15, 0.2) is 5.78 Å². The third kappa shape index (κ3) is 4.20. The summed E-state index contributed by atoms with van der Waals surface area (Å²) >= 11 is 0. The number of benzene rings is 2. The predicted octanol–water partition coefficient (Wildman–Crippen LogP) is 4.39. The minimum Gasteiger partial charge on any atom is -0.379 e. The lowest BCUT2D eigenvalue weighted by Gasteiger charge is -2.27. The predicted molar refractivity (Wildman–Crippen MR) is 137 cm³/mol. The van der Waals surface area contributed by atoms with Gasteiger partial charge in [-0.05, 0) is 30.2 Å². The first-order valence-corrected chi connectivity index (χ1v) is 12.5. The molecule has 0 saturated carbocycles. The third-order valence-corrected chi connectivity index (χ3v) is 7.25. The molecule has 1 saturated heterocycles. The Kier molecular flexibility index (Phi) is 5.85. The number of aromatic nitrogens is 3. The van der Waals surface area contributed by atoms with E-state index in [0.29, 0.717) is 25.3 Å². The third-order valence-electron chi connectivity index (χ3n) is 7.25. The summed E-state index contributed by atoms with van der Waals surface area (Å²) in [5.74, 6) is 0.105. The number of Topliss-reactive ketones (excluding diaryl/α,β-unsaturated/α-hetero) is 1. The lowest BCUT2D eigenvalue weighted by Crippen LogP contribution is -2.35. The monoisotopic (exact) mass is 480 g/mol. The van der Waals surface area contributed by atoms with E-state index in [9.17, 15) is 9.59 Å². The molecule has 182 valence electrons. The lowest BCUT2D eigenvalue weighted by molar-refractivity contribution is -0.129. The van der Waals surface area contributed by atoms with Crippen molar-refractivity contribution in [2.45, 2.75) is 38.8 Å². The largest absolute Gasteiger partial charge is 0.379 e. The molecule has 36 heavy (non-hydrogen) atoms. The standard InChI is InChI=1S/C29H28N4O3/c1-19(34)32-11-9-27-25(17-32)29(31-33(27)24-10-12-36-18-24)23-7-4-6-22(15-23)28(35)14-20-13-21-5-2-3-8-26(21)30-16-20/h2-8,13,15-16,24H,9-12,14,17-18H2,1H3. The first-order chi connectivity index (χ1) is 17.6. The number of nitrogens with zero attached hydrogens (tertiary/aromatic N) is 4. The number of carbonyl (C=O) groups excluding carboxylic acids is 2. The molecule has 1 atom stereocenters. The Balaban J connectivity index is 1.33. The fourth-order valence-electron chi connectivity index (χ4n) is 5.30. The fourth-order valence-corrected chi connectivity index (χ4v) is 5.30. The molecule has 1 unspecified atom stereocenters. The number of amides is 1. The van der Waals surface area contributed by atoms with Gasteiger partial charge in [-0.3, -0.25) is 19.3 Å². The van der Waals surface area contributed by atoms with Crippen LogP contribution in [-0.2, 0) is 28.9 Å². The topological polar surface area (TPSA) is 77.3 Å². The molecule has 6 rings (SSSR count). The molecule has 0 N–H and O–H groups in total. The number of ether oxygens (including phenoxy) is 1. The zero-order valence-corrected chi connectivity index (χ0v) is 20.3. The highest BCUT2D eigenvalue weighted by Crippen LogP contribution is 2.34. The zero-order chi connectivity index (χ0) is 24.6. The van der Waals surface area contributed by atoms with Crippen LogP contribution in [0.1, 0.15) is 46.6 Å². The molecule has 0 radical (unpaired) electrons. The summed E-state index contributed by atoms with van der Waals surface area (Å²) in [4.78, 5) is 31.8. The van der Waals surface area contributed by atoms with Crippen molar-refractivity contribution < 1.29 is 14.3 Å². The van der Waals surface area contributed by atoms with Crippen LogP contribution in [0.2, 0.25) is 0 Å². The summed E-state index contributed by atoms with van der Waals surface area (Å²) in [6, 6.07) is 17.9. The molecular weight excluding hydrogens is 452 g/mol. The van der Waals surface area contributed by atoms with E-state index in [0.717, 1.165) is 52.7 Å². The Hall–Kier alpha value is -3.84. The molecule has 1 amide bonds. The molecule has 0 spiro atoms. The summed E-state index contributed by atoms with van der Waals surface area (Å²) in [6.07, 6.45) is 3.77. The average molecular weight is 481 g/mol. The van der Waals surface area contributed by atoms with Gasteiger partial charge >= 0.3 is 0 Å². The molecule has 2 aliphatic rings. The second kappa shape index (κ2) is 9.32. The molecule has 0 bridgehead atoms. The van der Waals surface area contributed by atoms with E-state index in [-0.39, 0.29) is 24.2 Å². The molecule has 2 aliphatic heterocycles. The van der Waals surface area contributed by atoms with Gasteiger partial charge in [0.05, 0.1) is 23.9 Å². The van der Waals surface area contributed by atoms with Gasteiger partial charge in [-0.15, -0.1) is 0 Å². The highest BCUT2D eigenvalue weighted by molar-refractivity contribution is 5.99. The van der Waals surface area contributed by atoms with Crippen molar-refractivity contribution in [3.05, 3.63) is 83.2 Å². The SMILES string of the molecule is CC(=O)N1CCc2c(c(-c3cccc(C(=O)Cc4cnc5ccccc5c4)c3)nn2C2CCOC2)C1. The first kappa shape index (κ1) is 22.6. The Bertz CT molecular complexity index is 1470. The number of pyridine rings is 1. The average Bonchev–Trinajstić information content (AvgIpc) is 3.56. The molecule has 4 heterocycles. The highest BCUT2D eigenvalue weighted by atomic mass is 16.5. The van der Waals surface area contributed by atoms with Gasteiger partial charge in [0.25, 0.3) is 0 Å². The maximum Gasteiger partial charge on any atom is 0.219 e. The fraction of sp³-hybridized carbons (Fsp3) is 0.310. The molecule has 7 nitrogen and oxygen atoms in total. The summed E-state index contributed by atoms with van der Waals surface area (Å²) in [5.41, 5.74) is 6.46. The summed E-state index contributed by atoms with van der Waals surface area (Å²) in [7, 11) is 0. The summed E-state index contributed by atoms with van der Waals surface area (Å²) in [6.45, 7) is 4.23. The van der Waals surface area contributed by atoms with Crippen LogP contribution in [0.15, 0.2) is 60.8 Å². The van der Waals surface area contributed by atoms with E-state index in [4.69, 9.17) is 9.84 Å². The van der Waals surface area contributed by atoms with Gasteiger partial charge in [0, 0.05) is 73.4 Å². The Labute approximate surface area is 209 Å². The van der Waals surface area contributed by atoms with Crippen molar-refractivity contribution in [2.24, 2.45) is 0 Å². The number of fused-ring (bicyclic) bond motifs is 2. The maximum atomic E-state index is 13.3. The quantitative estimate of drug-likeness (QED) is 0.396.